The lowest BCUT2D eigenvalue weighted by molar-refractivity contribution is -0.192. The van der Waals surface area contributed by atoms with Crippen LogP contribution in [0, 0.1) is 12.7 Å². The average molecular weight is 635 g/mol. The molecule has 1 aliphatic rings. The van der Waals surface area contributed by atoms with Gasteiger partial charge in [-0.25, -0.2) is 9.18 Å². The number of benzene rings is 3. The van der Waals surface area contributed by atoms with Gasteiger partial charge in [-0.1, -0.05) is 65.7 Å². The summed E-state index contributed by atoms with van der Waals surface area (Å²) in [4.78, 5) is 25.3. The molecule has 3 aromatic carbocycles. The Hall–Kier alpha value is -3.47. The first kappa shape index (κ1) is 32.4. The number of carboxylic acid groups (broad SMARTS) is 1. The van der Waals surface area contributed by atoms with Crippen LogP contribution in [0.3, 0.4) is 0 Å². The van der Waals surface area contributed by atoms with Crippen LogP contribution in [-0.2, 0) is 11.3 Å². The molecule has 1 aliphatic carbocycles. The third kappa shape index (κ3) is 7.93. The molecule has 0 spiro atoms. The summed E-state index contributed by atoms with van der Waals surface area (Å²) >= 11 is 8.13. The third-order valence-electron chi connectivity index (χ3n) is 7.55. The summed E-state index contributed by atoms with van der Waals surface area (Å²) in [5.41, 5.74) is 3.67. The van der Waals surface area contributed by atoms with Crippen LogP contribution in [0.15, 0.2) is 66.7 Å². The summed E-state index contributed by atoms with van der Waals surface area (Å²) in [7, 11) is 1.98. The minimum absolute atomic E-state index is 0.0332. The fourth-order valence-electron chi connectivity index (χ4n) is 5.13. The Morgan fingerprint density at radius 3 is 2.19 bits per heavy atom. The predicted octanol–water partition coefficient (Wildman–Crippen LogP) is 8.48. The second kappa shape index (κ2) is 13.9. The molecule has 1 aromatic heterocycles. The van der Waals surface area contributed by atoms with Crippen molar-refractivity contribution in [3.63, 3.8) is 0 Å². The van der Waals surface area contributed by atoms with E-state index in [-0.39, 0.29) is 24.3 Å². The highest BCUT2D eigenvalue weighted by Crippen LogP contribution is 2.38. The molecule has 2 N–H and O–H groups in total. The number of alkyl halides is 3. The number of hydrogen-bond donors (Lipinski definition) is 2. The van der Waals surface area contributed by atoms with Crippen LogP contribution in [0.5, 0.6) is 0 Å². The quantitative estimate of drug-likeness (QED) is 0.209. The molecule has 5 rings (SSSR count). The standard InChI is InChI=1S/C30H30ClFN2OS.C2HF3O2/c1-19-7-9-20(10-8-19)21-11-16-26(32)22(17-21)18-34(24-14-12-23(33-2)13-15-24)30(35)29-28(31)25-5-3-4-6-27(25)36-29;3-2(4,5)1(6)7/h3-11,16-17,23-24,33H,12-15,18H2,1-2H3;(H,6,7). The van der Waals surface area contributed by atoms with Crippen LogP contribution in [0.2, 0.25) is 5.02 Å². The summed E-state index contributed by atoms with van der Waals surface area (Å²) < 4.78 is 47.9. The Morgan fingerprint density at radius 2 is 1.60 bits per heavy atom. The number of fused-ring (bicyclic) bond motifs is 1. The molecule has 1 heterocycles. The fourth-order valence-corrected chi connectivity index (χ4v) is 6.60. The number of carbonyl (C=O) groups excluding carboxylic acids is 1. The molecular weight excluding hydrogens is 604 g/mol. The van der Waals surface area contributed by atoms with Gasteiger partial charge in [-0.2, -0.15) is 13.2 Å². The van der Waals surface area contributed by atoms with E-state index in [1.807, 2.05) is 61.3 Å². The van der Waals surface area contributed by atoms with Gasteiger partial charge in [-0.15, -0.1) is 11.3 Å². The largest absolute Gasteiger partial charge is 0.490 e. The van der Waals surface area contributed by atoms with Crippen molar-refractivity contribution in [1.82, 2.24) is 10.2 Å². The lowest BCUT2D eigenvalue weighted by atomic mass is 9.89. The Balaban J connectivity index is 0.000000541. The number of halogens is 5. The number of amides is 1. The van der Waals surface area contributed by atoms with Gasteiger partial charge in [-0.3, -0.25) is 4.79 Å². The van der Waals surface area contributed by atoms with Crippen molar-refractivity contribution in [2.24, 2.45) is 0 Å². The normalized spacial score (nSPS) is 16.8. The monoisotopic (exact) mass is 634 g/mol. The lowest BCUT2D eigenvalue weighted by Crippen LogP contribution is -2.44. The zero-order chi connectivity index (χ0) is 31.3. The van der Waals surface area contributed by atoms with Crippen molar-refractivity contribution in [2.45, 2.75) is 57.4 Å². The number of rotatable bonds is 6. The summed E-state index contributed by atoms with van der Waals surface area (Å²) in [5, 5.41) is 11.9. The fraction of sp³-hybridized carbons (Fsp3) is 0.312. The molecular formula is C32H31ClF4N2O3S. The molecule has 0 radical (unpaired) electrons. The van der Waals surface area contributed by atoms with Crippen molar-refractivity contribution in [3.05, 3.63) is 93.6 Å². The van der Waals surface area contributed by atoms with Crippen LogP contribution in [0.4, 0.5) is 17.6 Å². The van der Waals surface area contributed by atoms with E-state index in [4.69, 9.17) is 21.5 Å². The van der Waals surface area contributed by atoms with Gasteiger partial charge in [0.2, 0.25) is 0 Å². The number of aliphatic carboxylic acids is 1. The first-order chi connectivity index (χ1) is 20.4. The van der Waals surface area contributed by atoms with E-state index in [1.165, 1.54) is 23.0 Å². The predicted molar refractivity (Wildman–Crippen MR) is 162 cm³/mol. The Kier molecular flexibility index (Phi) is 10.5. The number of carboxylic acids is 1. The summed E-state index contributed by atoms with van der Waals surface area (Å²) in [6.45, 7) is 2.26. The lowest BCUT2D eigenvalue weighted by Gasteiger charge is -2.37. The molecule has 5 nitrogen and oxygen atoms in total. The molecule has 1 amide bonds. The van der Waals surface area contributed by atoms with E-state index >= 15 is 4.39 Å². The smallest absolute Gasteiger partial charge is 0.475 e. The number of carbonyl (C=O) groups is 2. The Labute approximate surface area is 256 Å². The highest BCUT2D eigenvalue weighted by Gasteiger charge is 2.38. The third-order valence-corrected chi connectivity index (χ3v) is 9.21. The topological polar surface area (TPSA) is 69.6 Å². The van der Waals surface area contributed by atoms with Gasteiger partial charge in [0, 0.05) is 34.3 Å². The first-order valence-corrected chi connectivity index (χ1v) is 14.9. The highest BCUT2D eigenvalue weighted by atomic mass is 35.5. The maximum Gasteiger partial charge on any atom is 0.490 e. The number of nitrogens with zero attached hydrogens (tertiary/aromatic N) is 1. The Morgan fingerprint density at radius 1 is 1.00 bits per heavy atom. The zero-order valence-corrected chi connectivity index (χ0v) is 25.1. The van der Waals surface area contributed by atoms with Gasteiger partial charge in [-0.05, 0) is 69.0 Å². The van der Waals surface area contributed by atoms with Gasteiger partial charge < -0.3 is 15.3 Å². The molecule has 4 aromatic rings. The minimum Gasteiger partial charge on any atom is -0.475 e. The molecule has 11 heteroatoms. The van der Waals surface area contributed by atoms with E-state index in [2.05, 4.69) is 17.4 Å². The second-order valence-corrected chi connectivity index (χ2v) is 11.9. The number of nitrogens with one attached hydrogen (secondary N) is 1. The van der Waals surface area contributed by atoms with Crippen LogP contribution >= 0.6 is 22.9 Å². The molecule has 0 saturated heterocycles. The minimum atomic E-state index is -5.08. The van der Waals surface area contributed by atoms with Crippen molar-refractivity contribution in [2.75, 3.05) is 7.05 Å². The van der Waals surface area contributed by atoms with Gasteiger partial charge in [0.1, 0.15) is 10.7 Å². The Bertz CT molecular complexity index is 1580. The molecule has 0 bridgehead atoms. The maximum absolute atomic E-state index is 15.1. The average Bonchev–Trinajstić information content (AvgIpc) is 3.33. The summed E-state index contributed by atoms with van der Waals surface area (Å²) in [5.74, 6) is -3.17. The first-order valence-electron chi connectivity index (χ1n) is 13.7. The van der Waals surface area contributed by atoms with Gasteiger partial charge >= 0.3 is 12.1 Å². The van der Waals surface area contributed by atoms with E-state index < -0.39 is 12.1 Å². The molecule has 1 saturated carbocycles. The summed E-state index contributed by atoms with van der Waals surface area (Å²) in [6, 6.07) is 21.7. The van der Waals surface area contributed by atoms with Crippen LogP contribution in [0.1, 0.15) is 46.5 Å². The van der Waals surface area contributed by atoms with Crippen LogP contribution in [-0.4, -0.2) is 47.2 Å². The summed E-state index contributed by atoms with van der Waals surface area (Å²) in [6.07, 6.45) is -1.37. The molecule has 43 heavy (non-hydrogen) atoms. The van der Waals surface area contributed by atoms with Gasteiger partial charge in [0.15, 0.2) is 0 Å². The SMILES string of the molecule is CNC1CCC(N(Cc2cc(-c3ccc(C)cc3)ccc2F)C(=O)c2sc3ccccc3c2Cl)CC1.O=C(O)C(F)(F)F. The second-order valence-electron chi connectivity index (χ2n) is 10.4. The molecule has 228 valence electrons. The number of hydrogen-bond acceptors (Lipinski definition) is 4. The van der Waals surface area contributed by atoms with Crippen LogP contribution < -0.4 is 5.32 Å². The highest BCUT2D eigenvalue weighted by molar-refractivity contribution is 7.21. The van der Waals surface area contributed by atoms with Crippen molar-refractivity contribution < 1.29 is 32.3 Å². The van der Waals surface area contributed by atoms with Crippen molar-refractivity contribution in [1.29, 1.82) is 0 Å². The van der Waals surface area contributed by atoms with Gasteiger partial charge in [0.25, 0.3) is 5.91 Å². The molecule has 1 fully saturated rings. The molecule has 0 aliphatic heterocycles. The number of thiophene rings is 1. The van der Waals surface area contributed by atoms with Gasteiger partial charge in [0.05, 0.1) is 5.02 Å². The maximum atomic E-state index is 15.1. The zero-order valence-electron chi connectivity index (χ0n) is 23.6. The molecule has 0 atom stereocenters. The van der Waals surface area contributed by atoms with Crippen LogP contribution in [0.25, 0.3) is 21.2 Å². The van der Waals surface area contributed by atoms with E-state index in [0.29, 0.717) is 21.5 Å². The van der Waals surface area contributed by atoms with E-state index in [9.17, 15) is 18.0 Å². The van der Waals surface area contributed by atoms with Crippen molar-refractivity contribution >= 4 is 44.9 Å². The number of aryl methyl sites for hydroxylation is 1. The van der Waals surface area contributed by atoms with E-state index in [0.717, 1.165) is 46.9 Å². The van der Waals surface area contributed by atoms with Crippen molar-refractivity contribution in [3.8, 4) is 11.1 Å². The molecule has 0 unspecified atom stereocenters. The van der Waals surface area contributed by atoms with E-state index in [1.54, 1.807) is 6.07 Å².